The molecular formula is C16H22ClF3N6O3S. The van der Waals surface area contributed by atoms with E-state index in [4.69, 9.17) is 11.6 Å². The minimum absolute atomic E-state index is 0.0363. The molecule has 3 heterocycles. The highest BCUT2D eigenvalue weighted by atomic mass is 35.5. The Morgan fingerprint density at radius 1 is 1.33 bits per heavy atom. The third kappa shape index (κ3) is 4.20. The van der Waals surface area contributed by atoms with Gasteiger partial charge in [-0.25, -0.2) is 22.9 Å². The van der Waals surface area contributed by atoms with Crippen LogP contribution in [0.1, 0.15) is 38.9 Å². The Hall–Kier alpha value is -1.70. The highest BCUT2D eigenvalue weighted by Crippen LogP contribution is 2.30. The van der Waals surface area contributed by atoms with Crippen LogP contribution in [0.5, 0.6) is 0 Å². The van der Waals surface area contributed by atoms with Crippen LogP contribution in [0, 0.1) is 5.92 Å². The van der Waals surface area contributed by atoms with Crippen molar-refractivity contribution in [3.63, 3.8) is 0 Å². The fourth-order valence-corrected chi connectivity index (χ4v) is 4.34. The van der Waals surface area contributed by atoms with Gasteiger partial charge in [-0.1, -0.05) is 32.4 Å². The summed E-state index contributed by atoms with van der Waals surface area (Å²) in [6, 6.07) is -0.730. The van der Waals surface area contributed by atoms with E-state index in [1.165, 1.54) is 10.7 Å². The molecule has 1 aliphatic heterocycles. The number of β-amino-alcohol motifs (C(OH)–C–C–N with tert-alkyl or cyclic N) is 1. The van der Waals surface area contributed by atoms with E-state index in [0.717, 1.165) is 0 Å². The minimum atomic E-state index is -5.49. The second-order valence-electron chi connectivity index (χ2n) is 7.59. The fraction of sp³-hybridized carbons (Fsp3) is 0.688. The third-order valence-electron chi connectivity index (χ3n) is 5.27. The van der Waals surface area contributed by atoms with Crippen molar-refractivity contribution in [2.75, 3.05) is 18.4 Å². The van der Waals surface area contributed by atoms with E-state index >= 15 is 0 Å². The van der Waals surface area contributed by atoms with Gasteiger partial charge in [-0.15, -0.1) is 5.10 Å². The van der Waals surface area contributed by atoms with E-state index in [0.29, 0.717) is 11.3 Å². The number of hydrogen-bond donors (Lipinski definition) is 2. The van der Waals surface area contributed by atoms with E-state index < -0.39 is 40.8 Å². The van der Waals surface area contributed by atoms with Gasteiger partial charge in [0, 0.05) is 19.0 Å². The monoisotopic (exact) mass is 470 g/mol. The molecule has 1 aliphatic rings. The van der Waals surface area contributed by atoms with Gasteiger partial charge in [0.2, 0.25) is 5.95 Å². The summed E-state index contributed by atoms with van der Waals surface area (Å²) in [6.45, 7) is 4.95. The molecule has 3 rings (SSSR count). The maximum atomic E-state index is 12.7. The molecule has 2 aromatic heterocycles. The average Bonchev–Trinajstić information content (AvgIpc) is 2.97. The number of fused-ring (bicyclic) bond motifs is 1. The number of aliphatic hydroxyl groups excluding tert-OH is 1. The van der Waals surface area contributed by atoms with Crippen molar-refractivity contribution >= 4 is 33.1 Å². The number of rotatable bonds is 5. The topological polar surface area (TPSA) is 113 Å². The number of halogens is 4. The van der Waals surface area contributed by atoms with E-state index in [2.05, 4.69) is 20.4 Å². The summed E-state index contributed by atoms with van der Waals surface area (Å²) in [7, 11) is -5.49. The number of nitrogens with zero attached hydrogens (tertiary/aromatic N) is 5. The molecule has 2 aromatic rings. The number of alkyl halides is 3. The van der Waals surface area contributed by atoms with Crippen LogP contribution >= 0.6 is 11.6 Å². The van der Waals surface area contributed by atoms with E-state index in [1.807, 2.05) is 20.8 Å². The van der Waals surface area contributed by atoms with Gasteiger partial charge in [-0.05, 0) is 12.3 Å². The number of sulfonamides is 1. The van der Waals surface area contributed by atoms with Crippen molar-refractivity contribution < 1.29 is 26.7 Å². The Morgan fingerprint density at radius 2 is 2.00 bits per heavy atom. The summed E-state index contributed by atoms with van der Waals surface area (Å²) < 4.78 is 63.1. The Morgan fingerprint density at radius 3 is 2.57 bits per heavy atom. The van der Waals surface area contributed by atoms with E-state index in [-0.39, 0.29) is 33.7 Å². The fourth-order valence-electron chi connectivity index (χ4n) is 3.13. The second-order valence-corrected chi connectivity index (χ2v) is 9.88. The number of aliphatic hydroxyl groups is 1. The Bertz CT molecular complexity index is 1030. The Balaban J connectivity index is 1.80. The van der Waals surface area contributed by atoms with Gasteiger partial charge in [-0.3, -0.25) is 0 Å². The highest BCUT2D eigenvalue weighted by molar-refractivity contribution is 7.90. The summed E-state index contributed by atoms with van der Waals surface area (Å²) in [6.07, 6.45) is 0.0184. The predicted octanol–water partition coefficient (Wildman–Crippen LogP) is 2.23. The Labute approximate surface area is 176 Å². The summed E-state index contributed by atoms with van der Waals surface area (Å²) in [5.41, 5.74) is -4.91. The normalized spacial score (nSPS) is 22.6. The summed E-state index contributed by atoms with van der Waals surface area (Å²) in [5.74, 6) is 1.04. The summed E-state index contributed by atoms with van der Waals surface area (Å²) in [5, 5.41) is 17.7. The molecule has 1 fully saturated rings. The molecule has 1 saturated heterocycles. The molecule has 0 amide bonds. The molecule has 0 spiro atoms. The van der Waals surface area contributed by atoms with Crippen molar-refractivity contribution in [3.8, 4) is 0 Å². The van der Waals surface area contributed by atoms with Crippen molar-refractivity contribution in [3.05, 3.63) is 17.2 Å². The van der Waals surface area contributed by atoms with Crippen molar-refractivity contribution in [2.45, 2.75) is 50.8 Å². The van der Waals surface area contributed by atoms with Crippen LogP contribution in [0.25, 0.3) is 5.52 Å². The van der Waals surface area contributed by atoms with E-state index in [1.54, 1.807) is 0 Å². The lowest BCUT2D eigenvalue weighted by Crippen LogP contribution is -2.54. The molecule has 9 nitrogen and oxygen atoms in total. The van der Waals surface area contributed by atoms with Crippen LogP contribution in [0.3, 0.4) is 0 Å². The first-order valence-electron chi connectivity index (χ1n) is 9.25. The zero-order valence-corrected chi connectivity index (χ0v) is 18.0. The smallest absolute Gasteiger partial charge is 0.390 e. The SMILES string of the molecule is CC(C)C(C)c1nc(Cl)c2cnc(N[C@@H]3CCN(S(=O)(=O)C(F)(F)F)C[C@H]3O)nn12. The van der Waals surface area contributed by atoms with Gasteiger partial charge in [0.05, 0.1) is 18.3 Å². The minimum Gasteiger partial charge on any atom is -0.390 e. The molecule has 0 saturated carbocycles. The third-order valence-corrected chi connectivity index (χ3v) is 7.15. The lowest BCUT2D eigenvalue weighted by molar-refractivity contribution is -0.0510. The number of nitrogens with one attached hydrogen (secondary N) is 1. The maximum Gasteiger partial charge on any atom is 0.511 e. The first-order chi connectivity index (χ1) is 13.8. The number of imidazole rings is 1. The molecule has 3 atom stereocenters. The largest absolute Gasteiger partial charge is 0.511 e. The lowest BCUT2D eigenvalue weighted by atomic mass is 9.98. The predicted molar refractivity (Wildman–Crippen MR) is 104 cm³/mol. The molecule has 30 heavy (non-hydrogen) atoms. The first-order valence-corrected chi connectivity index (χ1v) is 11.1. The van der Waals surface area contributed by atoms with Gasteiger partial charge in [-0.2, -0.15) is 17.5 Å². The van der Waals surface area contributed by atoms with Gasteiger partial charge in [0.15, 0.2) is 5.15 Å². The zero-order valence-electron chi connectivity index (χ0n) is 16.4. The molecule has 0 bridgehead atoms. The quantitative estimate of drug-likeness (QED) is 0.689. The lowest BCUT2D eigenvalue weighted by Gasteiger charge is -2.35. The van der Waals surface area contributed by atoms with E-state index in [9.17, 15) is 26.7 Å². The average molecular weight is 471 g/mol. The van der Waals surface area contributed by atoms with Crippen LogP contribution in [-0.4, -0.2) is 68.2 Å². The van der Waals surface area contributed by atoms with Crippen LogP contribution in [0.2, 0.25) is 5.15 Å². The molecule has 0 aliphatic carbocycles. The number of anilines is 1. The van der Waals surface area contributed by atoms with Crippen molar-refractivity contribution in [1.82, 2.24) is 23.9 Å². The molecule has 1 unspecified atom stereocenters. The van der Waals surface area contributed by atoms with Crippen LogP contribution in [-0.2, 0) is 10.0 Å². The molecule has 2 N–H and O–H groups in total. The first kappa shape index (κ1) is 23.0. The van der Waals surface area contributed by atoms with Crippen molar-refractivity contribution in [2.24, 2.45) is 5.92 Å². The maximum absolute atomic E-state index is 12.7. The van der Waals surface area contributed by atoms with Gasteiger partial charge >= 0.3 is 15.5 Å². The highest BCUT2D eigenvalue weighted by Gasteiger charge is 2.51. The standard InChI is InChI=1S/C16H22ClF3N6O3S/c1-8(2)9(3)14-23-13(17)11-6-21-15(24-26(11)14)22-10-4-5-25(7-12(10)27)30(28,29)16(18,19)20/h6,8-10,12,27H,4-5,7H2,1-3H3,(H,22,24)/t9?,10-,12-/m1/s1. The number of piperidine rings is 1. The van der Waals surface area contributed by atoms with Gasteiger partial charge in [0.25, 0.3) is 0 Å². The molecular weight excluding hydrogens is 449 g/mol. The molecule has 14 heteroatoms. The molecule has 0 radical (unpaired) electrons. The van der Waals surface area contributed by atoms with Crippen molar-refractivity contribution in [1.29, 1.82) is 0 Å². The van der Waals surface area contributed by atoms with Crippen LogP contribution < -0.4 is 5.32 Å². The van der Waals surface area contributed by atoms with Crippen LogP contribution in [0.4, 0.5) is 19.1 Å². The number of hydrogen-bond acceptors (Lipinski definition) is 7. The van der Waals surface area contributed by atoms with Gasteiger partial charge < -0.3 is 10.4 Å². The zero-order chi connectivity index (χ0) is 22.4. The second kappa shape index (κ2) is 8.09. The number of aromatic nitrogens is 4. The summed E-state index contributed by atoms with van der Waals surface area (Å²) in [4.78, 5) is 8.47. The molecule has 168 valence electrons. The summed E-state index contributed by atoms with van der Waals surface area (Å²) >= 11 is 6.16. The Kier molecular flexibility index (Phi) is 6.20. The van der Waals surface area contributed by atoms with Crippen LogP contribution in [0.15, 0.2) is 6.20 Å². The molecule has 0 aromatic carbocycles. The van der Waals surface area contributed by atoms with Gasteiger partial charge in [0.1, 0.15) is 11.3 Å².